The molecule has 0 unspecified atom stereocenters. The van der Waals surface area contributed by atoms with Gasteiger partial charge in [0.2, 0.25) is 10.0 Å². The van der Waals surface area contributed by atoms with Crippen molar-refractivity contribution in [2.24, 2.45) is 5.73 Å². The lowest BCUT2D eigenvalue weighted by Crippen LogP contribution is -2.39. The van der Waals surface area contributed by atoms with Crippen LogP contribution in [0.4, 0.5) is 4.39 Å². The smallest absolute Gasteiger partial charge is 0.243 e. The minimum absolute atomic E-state index is 0.0476. The van der Waals surface area contributed by atoms with Gasteiger partial charge in [-0.3, -0.25) is 0 Å². The number of hydrogen-bond acceptors (Lipinski definition) is 3. The van der Waals surface area contributed by atoms with Gasteiger partial charge in [-0.25, -0.2) is 17.5 Å². The third-order valence-electron chi connectivity index (χ3n) is 2.95. The standard InChI is InChI=1S/C11H15FN2O2S/c12-10-6-8(7-13)4-5-11(10)17(15,16)14-9-2-1-3-9/h4-6,9,14H,1-3,7,13H2. The van der Waals surface area contributed by atoms with Crippen LogP contribution in [0.15, 0.2) is 23.1 Å². The van der Waals surface area contributed by atoms with Crippen LogP contribution < -0.4 is 10.5 Å². The van der Waals surface area contributed by atoms with Gasteiger partial charge in [0.25, 0.3) is 0 Å². The van der Waals surface area contributed by atoms with Crippen LogP contribution in [-0.2, 0) is 16.6 Å². The summed E-state index contributed by atoms with van der Waals surface area (Å²) in [5.74, 6) is -0.750. The van der Waals surface area contributed by atoms with Gasteiger partial charge >= 0.3 is 0 Å². The molecule has 1 aliphatic rings. The van der Waals surface area contributed by atoms with Crippen LogP contribution in [0, 0.1) is 5.82 Å². The Hall–Kier alpha value is -0.980. The molecule has 17 heavy (non-hydrogen) atoms. The van der Waals surface area contributed by atoms with E-state index in [0.29, 0.717) is 5.56 Å². The van der Waals surface area contributed by atoms with E-state index in [9.17, 15) is 12.8 Å². The summed E-state index contributed by atoms with van der Waals surface area (Å²) in [6.45, 7) is 0.188. The molecule has 2 rings (SSSR count). The summed E-state index contributed by atoms with van der Waals surface area (Å²) < 4.78 is 39.9. The summed E-state index contributed by atoms with van der Waals surface area (Å²) in [6.07, 6.45) is 2.66. The molecular weight excluding hydrogens is 243 g/mol. The van der Waals surface area contributed by atoms with Crippen molar-refractivity contribution in [1.82, 2.24) is 4.72 Å². The van der Waals surface area contributed by atoms with Crippen molar-refractivity contribution in [2.45, 2.75) is 36.7 Å². The second-order valence-corrected chi connectivity index (χ2v) is 5.90. The van der Waals surface area contributed by atoms with Gasteiger partial charge in [-0.15, -0.1) is 0 Å². The summed E-state index contributed by atoms with van der Waals surface area (Å²) in [6, 6.07) is 3.90. The maximum atomic E-state index is 13.6. The van der Waals surface area contributed by atoms with E-state index < -0.39 is 15.8 Å². The predicted octanol–water partition coefficient (Wildman–Crippen LogP) is 1.12. The molecule has 1 aromatic rings. The molecular formula is C11H15FN2O2S. The molecule has 3 N–H and O–H groups in total. The third kappa shape index (κ3) is 2.65. The van der Waals surface area contributed by atoms with E-state index in [1.54, 1.807) is 0 Å². The van der Waals surface area contributed by atoms with Crippen LogP contribution in [0.2, 0.25) is 0 Å². The number of nitrogens with one attached hydrogen (secondary N) is 1. The molecule has 0 saturated heterocycles. The Balaban J connectivity index is 2.25. The molecule has 0 amide bonds. The second kappa shape index (κ2) is 4.72. The molecule has 1 fully saturated rings. The normalized spacial score (nSPS) is 16.8. The zero-order valence-corrected chi connectivity index (χ0v) is 10.1. The Bertz CT molecular complexity index is 512. The SMILES string of the molecule is NCc1ccc(S(=O)(=O)NC2CCC2)c(F)c1. The average Bonchev–Trinajstić information content (AvgIpc) is 2.23. The van der Waals surface area contributed by atoms with Gasteiger partial charge < -0.3 is 5.73 Å². The van der Waals surface area contributed by atoms with Crippen molar-refractivity contribution in [3.05, 3.63) is 29.6 Å². The Labute approximate surface area is 100 Å². The highest BCUT2D eigenvalue weighted by molar-refractivity contribution is 7.89. The minimum atomic E-state index is -3.74. The lowest BCUT2D eigenvalue weighted by atomic mass is 9.94. The van der Waals surface area contributed by atoms with Gasteiger partial charge in [-0.2, -0.15) is 0 Å². The summed E-state index contributed by atoms with van der Waals surface area (Å²) in [5, 5.41) is 0. The summed E-state index contributed by atoms with van der Waals surface area (Å²) in [4.78, 5) is -0.304. The van der Waals surface area contributed by atoms with Crippen molar-refractivity contribution in [3.63, 3.8) is 0 Å². The van der Waals surface area contributed by atoms with Crippen LogP contribution >= 0.6 is 0 Å². The molecule has 0 atom stereocenters. The van der Waals surface area contributed by atoms with E-state index in [2.05, 4.69) is 4.72 Å². The summed E-state index contributed by atoms with van der Waals surface area (Å²) >= 11 is 0. The Kier molecular flexibility index (Phi) is 3.46. The average molecular weight is 258 g/mol. The van der Waals surface area contributed by atoms with Gasteiger partial charge in [0, 0.05) is 12.6 Å². The van der Waals surface area contributed by atoms with E-state index in [-0.39, 0.29) is 17.5 Å². The first-order chi connectivity index (χ1) is 8.03. The molecule has 1 aromatic carbocycles. The van der Waals surface area contributed by atoms with Crippen LogP contribution in [-0.4, -0.2) is 14.5 Å². The maximum absolute atomic E-state index is 13.6. The molecule has 0 bridgehead atoms. The lowest BCUT2D eigenvalue weighted by molar-refractivity contribution is 0.382. The molecule has 0 heterocycles. The monoisotopic (exact) mass is 258 g/mol. The molecule has 6 heteroatoms. The molecule has 1 aliphatic carbocycles. The number of sulfonamides is 1. The van der Waals surface area contributed by atoms with Gasteiger partial charge in [0.15, 0.2) is 0 Å². The van der Waals surface area contributed by atoms with Crippen LogP contribution in [0.3, 0.4) is 0 Å². The third-order valence-corrected chi connectivity index (χ3v) is 4.50. The zero-order valence-electron chi connectivity index (χ0n) is 9.32. The van der Waals surface area contributed by atoms with E-state index in [0.717, 1.165) is 25.3 Å². The van der Waals surface area contributed by atoms with Gasteiger partial charge in [0.1, 0.15) is 10.7 Å². The fourth-order valence-electron chi connectivity index (χ4n) is 1.70. The van der Waals surface area contributed by atoms with Crippen molar-refractivity contribution >= 4 is 10.0 Å². The summed E-state index contributed by atoms with van der Waals surface area (Å²) in [7, 11) is -3.74. The summed E-state index contributed by atoms with van der Waals surface area (Å²) in [5.41, 5.74) is 5.93. The minimum Gasteiger partial charge on any atom is -0.326 e. The van der Waals surface area contributed by atoms with E-state index in [1.165, 1.54) is 12.1 Å². The first-order valence-electron chi connectivity index (χ1n) is 5.54. The highest BCUT2D eigenvalue weighted by Gasteiger charge is 2.26. The Morgan fingerprint density at radius 2 is 2.12 bits per heavy atom. The first kappa shape index (κ1) is 12.5. The highest BCUT2D eigenvalue weighted by Crippen LogP contribution is 2.22. The largest absolute Gasteiger partial charge is 0.326 e. The van der Waals surface area contributed by atoms with Crippen molar-refractivity contribution < 1.29 is 12.8 Å². The number of nitrogens with two attached hydrogens (primary N) is 1. The van der Waals surface area contributed by atoms with Crippen molar-refractivity contribution in [1.29, 1.82) is 0 Å². The lowest BCUT2D eigenvalue weighted by Gasteiger charge is -2.26. The number of benzene rings is 1. The molecule has 4 nitrogen and oxygen atoms in total. The van der Waals surface area contributed by atoms with E-state index in [1.807, 2.05) is 0 Å². The second-order valence-electron chi connectivity index (χ2n) is 4.22. The van der Waals surface area contributed by atoms with Crippen molar-refractivity contribution in [3.8, 4) is 0 Å². The Morgan fingerprint density at radius 3 is 2.59 bits per heavy atom. The van der Waals surface area contributed by atoms with E-state index >= 15 is 0 Å². The molecule has 0 radical (unpaired) electrons. The van der Waals surface area contributed by atoms with Gasteiger partial charge in [-0.1, -0.05) is 12.5 Å². The van der Waals surface area contributed by atoms with Gasteiger partial charge in [0.05, 0.1) is 0 Å². The maximum Gasteiger partial charge on any atom is 0.243 e. The molecule has 0 aromatic heterocycles. The molecule has 1 saturated carbocycles. The Morgan fingerprint density at radius 1 is 1.41 bits per heavy atom. The highest BCUT2D eigenvalue weighted by atomic mass is 32.2. The van der Waals surface area contributed by atoms with E-state index in [4.69, 9.17) is 5.73 Å². The fourth-order valence-corrected chi connectivity index (χ4v) is 3.06. The number of hydrogen-bond donors (Lipinski definition) is 2. The number of rotatable bonds is 4. The van der Waals surface area contributed by atoms with Gasteiger partial charge in [-0.05, 0) is 30.5 Å². The molecule has 94 valence electrons. The molecule has 0 aliphatic heterocycles. The van der Waals surface area contributed by atoms with Crippen molar-refractivity contribution in [2.75, 3.05) is 0 Å². The topological polar surface area (TPSA) is 72.2 Å². The first-order valence-corrected chi connectivity index (χ1v) is 7.02. The quantitative estimate of drug-likeness (QED) is 0.850. The molecule has 0 spiro atoms. The van der Waals surface area contributed by atoms with Crippen LogP contribution in [0.25, 0.3) is 0 Å². The fraction of sp³-hybridized carbons (Fsp3) is 0.455. The predicted molar refractivity (Wildman–Crippen MR) is 62.3 cm³/mol. The zero-order chi connectivity index (χ0) is 12.5. The number of halogens is 1. The van der Waals surface area contributed by atoms with Crippen LogP contribution in [0.1, 0.15) is 24.8 Å². The van der Waals surface area contributed by atoms with Crippen LogP contribution in [0.5, 0.6) is 0 Å².